The van der Waals surface area contributed by atoms with Crippen LogP contribution in [0.5, 0.6) is 0 Å². The summed E-state index contributed by atoms with van der Waals surface area (Å²) in [6, 6.07) is 9.45. The van der Waals surface area contributed by atoms with E-state index >= 15 is 0 Å². The minimum Gasteiger partial charge on any atom is -0.344 e. The summed E-state index contributed by atoms with van der Waals surface area (Å²) in [7, 11) is 0. The van der Waals surface area contributed by atoms with Crippen LogP contribution in [0.15, 0.2) is 35.4 Å². The fourth-order valence-corrected chi connectivity index (χ4v) is 2.11. The first-order valence-corrected chi connectivity index (χ1v) is 6.93. The zero-order valence-electron chi connectivity index (χ0n) is 11.4. The highest BCUT2D eigenvalue weighted by Crippen LogP contribution is 2.14. The van der Waals surface area contributed by atoms with Crippen LogP contribution in [0.3, 0.4) is 0 Å². The molecule has 0 saturated heterocycles. The minimum atomic E-state index is -0.709. The summed E-state index contributed by atoms with van der Waals surface area (Å²) in [4.78, 5) is 23.2. The van der Waals surface area contributed by atoms with Gasteiger partial charge >= 0.3 is 11.8 Å². The zero-order chi connectivity index (χ0) is 14.2. The molecule has 1 aliphatic carbocycles. The molecule has 0 heterocycles. The Bertz CT molecular complexity index is 489. The molecular weight excluding hydrogens is 254 g/mol. The maximum atomic E-state index is 11.6. The van der Waals surface area contributed by atoms with E-state index in [-0.39, 0.29) is 0 Å². The molecule has 0 unspecified atom stereocenters. The summed E-state index contributed by atoms with van der Waals surface area (Å²) in [6.07, 6.45) is 5.24. The molecule has 5 heteroatoms. The first-order valence-electron chi connectivity index (χ1n) is 6.93. The molecule has 0 aromatic heterocycles. The molecule has 5 nitrogen and oxygen atoms in total. The van der Waals surface area contributed by atoms with Crippen molar-refractivity contribution in [2.75, 3.05) is 0 Å². The average Bonchev–Trinajstić information content (AvgIpc) is 2.52. The van der Waals surface area contributed by atoms with Gasteiger partial charge in [0.25, 0.3) is 0 Å². The van der Waals surface area contributed by atoms with Gasteiger partial charge in [-0.3, -0.25) is 9.59 Å². The van der Waals surface area contributed by atoms with E-state index < -0.39 is 11.8 Å². The Balaban J connectivity index is 1.76. The lowest BCUT2D eigenvalue weighted by atomic mass is 9.99. The Kier molecular flexibility index (Phi) is 5.29. The van der Waals surface area contributed by atoms with Crippen molar-refractivity contribution in [1.29, 1.82) is 0 Å². The first-order chi connectivity index (χ1) is 9.75. The lowest BCUT2D eigenvalue weighted by Gasteiger charge is -2.11. The van der Waals surface area contributed by atoms with Gasteiger partial charge < -0.3 is 5.32 Å². The van der Waals surface area contributed by atoms with Crippen LogP contribution in [-0.2, 0) is 16.1 Å². The van der Waals surface area contributed by atoms with Gasteiger partial charge in [-0.25, -0.2) is 5.43 Å². The number of nitrogens with zero attached hydrogens (tertiary/aromatic N) is 1. The van der Waals surface area contributed by atoms with Crippen LogP contribution in [0.4, 0.5) is 0 Å². The number of nitrogens with one attached hydrogen (secondary N) is 2. The summed E-state index contributed by atoms with van der Waals surface area (Å²) in [6.45, 7) is 0.337. The maximum absolute atomic E-state index is 11.6. The number of carbonyl (C=O) groups is 2. The highest BCUT2D eigenvalue weighted by atomic mass is 16.2. The molecule has 2 amide bonds. The van der Waals surface area contributed by atoms with Crippen molar-refractivity contribution in [3.05, 3.63) is 35.9 Å². The largest absolute Gasteiger partial charge is 0.344 e. The van der Waals surface area contributed by atoms with E-state index in [9.17, 15) is 9.59 Å². The van der Waals surface area contributed by atoms with E-state index in [0.29, 0.717) is 6.54 Å². The van der Waals surface area contributed by atoms with E-state index in [2.05, 4.69) is 15.8 Å². The molecule has 0 aliphatic heterocycles. The number of hydrazone groups is 1. The third-order valence-corrected chi connectivity index (χ3v) is 3.25. The second kappa shape index (κ2) is 7.43. The Labute approximate surface area is 118 Å². The summed E-state index contributed by atoms with van der Waals surface area (Å²) in [5, 5.41) is 6.58. The third-order valence-electron chi connectivity index (χ3n) is 3.25. The van der Waals surface area contributed by atoms with Crippen molar-refractivity contribution in [1.82, 2.24) is 10.7 Å². The third kappa shape index (κ3) is 4.50. The van der Waals surface area contributed by atoms with Crippen LogP contribution in [-0.4, -0.2) is 17.5 Å². The minimum absolute atomic E-state index is 0.337. The number of amides is 2. The number of hydrogen-bond acceptors (Lipinski definition) is 3. The molecule has 1 fully saturated rings. The highest BCUT2D eigenvalue weighted by Gasteiger charge is 2.13. The van der Waals surface area contributed by atoms with Crippen LogP contribution >= 0.6 is 0 Å². The molecule has 0 spiro atoms. The van der Waals surface area contributed by atoms with Crippen molar-refractivity contribution in [2.45, 2.75) is 38.6 Å². The summed E-state index contributed by atoms with van der Waals surface area (Å²) in [5.74, 6) is -1.37. The zero-order valence-corrected chi connectivity index (χ0v) is 11.4. The normalized spacial score (nSPS) is 14.5. The number of carbonyl (C=O) groups excluding carboxylic acids is 2. The van der Waals surface area contributed by atoms with Gasteiger partial charge in [0.05, 0.1) is 0 Å². The molecule has 0 atom stereocenters. The van der Waals surface area contributed by atoms with Gasteiger partial charge in [0.1, 0.15) is 0 Å². The molecule has 1 aromatic carbocycles. The van der Waals surface area contributed by atoms with E-state index in [4.69, 9.17) is 0 Å². The smallest absolute Gasteiger partial charge is 0.329 e. The summed E-state index contributed by atoms with van der Waals surface area (Å²) >= 11 is 0. The molecule has 1 saturated carbocycles. The van der Waals surface area contributed by atoms with Gasteiger partial charge in [0, 0.05) is 12.3 Å². The standard InChI is InChI=1S/C15H19N3O2/c19-14(16-11-12-7-3-1-4-8-12)15(20)18-17-13-9-5-2-6-10-13/h1,3-4,7-8H,2,5-6,9-11H2,(H,16,19)(H,18,20). The van der Waals surface area contributed by atoms with Crippen molar-refractivity contribution in [3.63, 3.8) is 0 Å². The summed E-state index contributed by atoms with van der Waals surface area (Å²) < 4.78 is 0. The van der Waals surface area contributed by atoms with Crippen LogP contribution in [0.1, 0.15) is 37.7 Å². The van der Waals surface area contributed by atoms with Crippen LogP contribution < -0.4 is 10.7 Å². The molecular formula is C15H19N3O2. The number of rotatable bonds is 3. The number of hydrogen-bond donors (Lipinski definition) is 2. The van der Waals surface area contributed by atoms with E-state index in [1.165, 1.54) is 6.42 Å². The van der Waals surface area contributed by atoms with Crippen LogP contribution in [0.2, 0.25) is 0 Å². The van der Waals surface area contributed by atoms with Gasteiger partial charge in [0.2, 0.25) is 0 Å². The topological polar surface area (TPSA) is 70.6 Å². The van der Waals surface area contributed by atoms with Crippen molar-refractivity contribution in [3.8, 4) is 0 Å². The Morgan fingerprint density at radius 2 is 1.70 bits per heavy atom. The van der Waals surface area contributed by atoms with Gasteiger partial charge in [-0.1, -0.05) is 36.8 Å². The SMILES string of the molecule is O=C(NCc1ccccc1)C(=O)NN=C1CCCCC1. The Morgan fingerprint density at radius 3 is 2.40 bits per heavy atom. The predicted octanol–water partition coefficient (Wildman–Crippen LogP) is 1.74. The van der Waals surface area contributed by atoms with E-state index in [0.717, 1.165) is 37.0 Å². The fourth-order valence-electron chi connectivity index (χ4n) is 2.11. The van der Waals surface area contributed by atoms with Gasteiger partial charge in [-0.05, 0) is 31.2 Å². The lowest BCUT2D eigenvalue weighted by molar-refractivity contribution is -0.139. The second-order valence-electron chi connectivity index (χ2n) is 4.85. The Hall–Kier alpha value is -2.17. The van der Waals surface area contributed by atoms with Gasteiger partial charge in [-0.15, -0.1) is 0 Å². The highest BCUT2D eigenvalue weighted by molar-refractivity contribution is 6.35. The Morgan fingerprint density at radius 1 is 1.00 bits per heavy atom. The van der Waals surface area contributed by atoms with Crippen LogP contribution in [0.25, 0.3) is 0 Å². The second-order valence-corrected chi connectivity index (χ2v) is 4.85. The molecule has 1 aromatic rings. The summed E-state index contributed by atoms with van der Waals surface area (Å²) in [5.41, 5.74) is 4.25. The van der Waals surface area contributed by atoms with Crippen molar-refractivity contribution < 1.29 is 9.59 Å². The first kappa shape index (κ1) is 14.2. The average molecular weight is 273 g/mol. The molecule has 106 valence electrons. The van der Waals surface area contributed by atoms with Crippen molar-refractivity contribution in [2.24, 2.45) is 5.10 Å². The molecule has 2 N–H and O–H groups in total. The van der Waals surface area contributed by atoms with E-state index in [1.807, 2.05) is 30.3 Å². The fraction of sp³-hybridized carbons (Fsp3) is 0.400. The van der Waals surface area contributed by atoms with Gasteiger partial charge in [0.15, 0.2) is 0 Å². The lowest BCUT2D eigenvalue weighted by Crippen LogP contribution is -2.37. The quantitative estimate of drug-likeness (QED) is 0.650. The van der Waals surface area contributed by atoms with E-state index in [1.54, 1.807) is 0 Å². The molecule has 0 bridgehead atoms. The molecule has 0 radical (unpaired) electrons. The predicted molar refractivity (Wildman–Crippen MR) is 77.0 cm³/mol. The monoisotopic (exact) mass is 273 g/mol. The molecule has 2 rings (SSSR count). The van der Waals surface area contributed by atoms with Crippen molar-refractivity contribution >= 4 is 17.5 Å². The van der Waals surface area contributed by atoms with Crippen LogP contribution in [0, 0.1) is 0 Å². The number of benzene rings is 1. The molecule has 1 aliphatic rings. The van der Waals surface area contributed by atoms with Gasteiger partial charge in [-0.2, -0.15) is 5.10 Å². The molecule has 20 heavy (non-hydrogen) atoms. The maximum Gasteiger partial charge on any atom is 0.329 e.